The molecule has 144 valence electrons. The Balaban J connectivity index is 2.09. The Kier molecular flexibility index (Phi) is 4.68. The third-order valence-electron chi connectivity index (χ3n) is 3.43. The quantitative estimate of drug-likeness (QED) is 0.631. The Labute approximate surface area is 147 Å². The molecule has 6 nitrogen and oxygen atoms in total. The van der Waals surface area contributed by atoms with E-state index in [1.807, 2.05) is 0 Å². The molecule has 2 aromatic heterocycles. The van der Waals surface area contributed by atoms with E-state index in [1.165, 1.54) is 13.2 Å². The van der Waals surface area contributed by atoms with E-state index < -0.39 is 24.1 Å². The van der Waals surface area contributed by atoms with Crippen LogP contribution in [0.25, 0.3) is 16.9 Å². The minimum Gasteiger partial charge on any atom is -0.406 e. The van der Waals surface area contributed by atoms with Gasteiger partial charge in [0, 0.05) is 18.9 Å². The first kappa shape index (κ1) is 18.9. The Morgan fingerprint density at radius 1 is 1.07 bits per heavy atom. The highest BCUT2D eigenvalue weighted by Crippen LogP contribution is 2.32. The van der Waals surface area contributed by atoms with Crippen LogP contribution in [-0.4, -0.2) is 33.1 Å². The van der Waals surface area contributed by atoms with E-state index in [9.17, 15) is 26.3 Å². The average Bonchev–Trinajstić information content (AvgIpc) is 2.97. The van der Waals surface area contributed by atoms with Gasteiger partial charge in [0.25, 0.3) is 0 Å². The second kappa shape index (κ2) is 6.68. The number of nitrogens with zero attached hydrogens (tertiary/aromatic N) is 4. The number of methoxy groups -OCH3 is 1. The highest BCUT2D eigenvalue weighted by atomic mass is 19.4. The molecule has 0 saturated carbocycles. The lowest BCUT2D eigenvalue weighted by atomic mass is 10.0. The number of hydrogen-bond acceptors (Lipinski definition) is 5. The van der Waals surface area contributed by atoms with Gasteiger partial charge in [-0.15, -0.1) is 23.4 Å². The summed E-state index contributed by atoms with van der Waals surface area (Å²) in [6.45, 7) is -0.113. The molecular weight excluding hydrogens is 382 g/mol. The van der Waals surface area contributed by atoms with E-state index in [4.69, 9.17) is 4.74 Å². The van der Waals surface area contributed by atoms with Gasteiger partial charge < -0.3 is 9.47 Å². The van der Waals surface area contributed by atoms with Crippen molar-refractivity contribution in [3.63, 3.8) is 0 Å². The van der Waals surface area contributed by atoms with Crippen LogP contribution >= 0.6 is 0 Å². The summed E-state index contributed by atoms with van der Waals surface area (Å²) in [5.41, 5.74) is 0.456. The Hall–Kier alpha value is -2.89. The predicted molar refractivity (Wildman–Crippen MR) is 78.6 cm³/mol. The molecule has 0 unspecified atom stereocenters. The molecule has 12 heteroatoms. The molecule has 0 aliphatic rings. The van der Waals surface area contributed by atoms with Crippen molar-refractivity contribution in [3.05, 3.63) is 42.0 Å². The van der Waals surface area contributed by atoms with Crippen molar-refractivity contribution in [3.8, 4) is 17.0 Å². The van der Waals surface area contributed by atoms with Gasteiger partial charge >= 0.3 is 12.5 Å². The number of ether oxygens (including phenoxy) is 2. The molecule has 0 saturated heterocycles. The van der Waals surface area contributed by atoms with Crippen LogP contribution in [0.15, 0.2) is 30.6 Å². The van der Waals surface area contributed by atoms with Crippen LogP contribution in [0, 0.1) is 0 Å². The second-order valence-electron chi connectivity index (χ2n) is 5.32. The third-order valence-corrected chi connectivity index (χ3v) is 3.43. The summed E-state index contributed by atoms with van der Waals surface area (Å²) in [4.78, 5) is 4.01. The van der Waals surface area contributed by atoms with Crippen LogP contribution in [0.5, 0.6) is 5.75 Å². The first-order valence-electron chi connectivity index (χ1n) is 7.24. The van der Waals surface area contributed by atoms with Crippen molar-refractivity contribution in [2.75, 3.05) is 7.11 Å². The lowest BCUT2D eigenvalue weighted by Crippen LogP contribution is -2.17. The van der Waals surface area contributed by atoms with Crippen molar-refractivity contribution >= 4 is 5.65 Å². The number of aromatic nitrogens is 4. The minimum absolute atomic E-state index is 0.0680. The van der Waals surface area contributed by atoms with Gasteiger partial charge in [-0.2, -0.15) is 13.2 Å². The Morgan fingerprint density at radius 2 is 1.81 bits per heavy atom. The van der Waals surface area contributed by atoms with Gasteiger partial charge in [-0.25, -0.2) is 0 Å². The molecule has 0 aliphatic heterocycles. The molecule has 2 heterocycles. The SMILES string of the molecule is COCc1cc(OC(F)(F)F)ccc1-c1cn2c(C(F)(F)F)nnc2cn1. The zero-order chi connectivity index (χ0) is 19.8. The molecule has 0 spiro atoms. The molecule has 27 heavy (non-hydrogen) atoms. The van der Waals surface area contributed by atoms with Gasteiger partial charge in [-0.05, 0) is 23.8 Å². The summed E-state index contributed by atoms with van der Waals surface area (Å²) in [5.74, 6) is -1.73. The van der Waals surface area contributed by atoms with E-state index in [-0.39, 0.29) is 29.1 Å². The van der Waals surface area contributed by atoms with Gasteiger partial charge in [-0.3, -0.25) is 9.38 Å². The molecular formula is C15H10F6N4O2. The molecule has 0 N–H and O–H groups in total. The van der Waals surface area contributed by atoms with Crippen LogP contribution in [0.1, 0.15) is 11.4 Å². The number of halogens is 6. The zero-order valence-electron chi connectivity index (χ0n) is 13.5. The fourth-order valence-corrected chi connectivity index (χ4v) is 2.43. The van der Waals surface area contributed by atoms with Gasteiger partial charge in [0.05, 0.1) is 18.5 Å². The summed E-state index contributed by atoms with van der Waals surface area (Å²) >= 11 is 0. The maximum Gasteiger partial charge on any atom is 0.573 e. The summed E-state index contributed by atoms with van der Waals surface area (Å²) < 4.78 is 85.7. The van der Waals surface area contributed by atoms with E-state index in [0.717, 1.165) is 24.5 Å². The highest BCUT2D eigenvalue weighted by molar-refractivity contribution is 5.65. The first-order chi connectivity index (χ1) is 12.6. The van der Waals surface area contributed by atoms with Crippen molar-refractivity contribution in [2.45, 2.75) is 19.1 Å². The fraction of sp³-hybridized carbons (Fsp3) is 0.267. The zero-order valence-corrected chi connectivity index (χ0v) is 13.5. The lowest BCUT2D eigenvalue weighted by molar-refractivity contribution is -0.274. The normalized spacial score (nSPS) is 12.6. The fourth-order valence-electron chi connectivity index (χ4n) is 2.43. The van der Waals surface area contributed by atoms with Gasteiger partial charge in [0.15, 0.2) is 5.65 Å². The van der Waals surface area contributed by atoms with Crippen molar-refractivity contribution in [1.29, 1.82) is 0 Å². The molecule has 0 atom stereocenters. The molecule has 3 rings (SSSR count). The topological polar surface area (TPSA) is 61.5 Å². The molecule has 0 fully saturated rings. The van der Waals surface area contributed by atoms with E-state index in [0.29, 0.717) is 4.40 Å². The molecule has 1 aromatic carbocycles. The number of alkyl halides is 6. The molecule has 0 radical (unpaired) electrons. The first-order valence-corrected chi connectivity index (χ1v) is 7.24. The number of rotatable bonds is 4. The number of fused-ring (bicyclic) bond motifs is 1. The molecule has 0 aliphatic carbocycles. The summed E-state index contributed by atoms with van der Waals surface area (Å²) in [7, 11) is 1.32. The van der Waals surface area contributed by atoms with Crippen LogP contribution in [0.4, 0.5) is 26.3 Å². The minimum atomic E-state index is -4.88. The highest BCUT2D eigenvalue weighted by Gasteiger charge is 2.37. The molecule has 3 aromatic rings. The monoisotopic (exact) mass is 392 g/mol. The largest absolute Gasteiger partial charge is 0.573 e. The standard InChI is InChI=1S/C15H10F6N4O2/c1-26-7-8-4-9(27-15(19,20)21)2-3-10(8)11-6-25-12(5-22-11)23-24-13(25)14(16,17)18/h2-6H,7H2,1H3. The maximum absolute atomic E-state index is 13.0. The summed E-state index contributed by atoms with van der Waals surface area (Å²) in [5, 5.41) is 6.49. The third kappa shape index (κ3) is 4.10. The average molecular weight is 392 g/mol. The van der Waals surface area contributed by atoms with E-state index in [1.54, 1.807) is 0 Å². The lowest BCUT2D eigenvalue weighted by Gasteiger charge is -2.13. The second-order valence-corrected chi connectivity index (χ2v) is 5.32. The van der Waals surface area contributed by atoms with Crippen LogP contribution in [-0.2, 0) is 17.5 Å². The van der Waals surface area contributed by atoms with Crippen molar-refractivity contribution in [1.82, 2.24) is 19.6 Å². The van der Waals surface area contributed by atoms with Gasteiger partial charge in [0.2, 0.25) is 5.82 Å². The van der Waals surface area contributed by atoms with Crippen molar-refractivity contribution < 1.29 is 35.8 Å². The molecule has 0 bridgehead atoms. The van der Waals surface area contributed by atoms with Crippen LogP contribution in [0.2, 0.25) is 0 Å². The molecule has 0 amide bonds. The Morgan fingerprint density at radius 3 is 2.44 bits per heavy atom. The van der Waals surface area contributed by atoms with Crippen LogP contribution < -0.4 is 4.74 Å². The predicted octanol–water partition coefficient (Wildman–Crippen LogP) is 3.86. The van der Waals surface area contributed by atoms with Crippen molar-refractivity contribution in [2.24, 2.45) is 0 Å². The number of benzene rings is 1. The van der Waals surface area contributed by atoms with Gasteiger partial charge in [-0.1, -0.05) is 0 Å². The summed E-state index contributed by atoms with van der Waals surface area (Å²) in [6, 6.07) is 3.36. The Bertz CT molecular complexity index is 967. The van der Waals surface area contributed by atoms with Crippen LogP contribution in [0.3, 0.4) is 0 Å². The number of hydrogen-bond donors (Lipinski definition) is 0. The smallest absolute Gasteiger partial charge is 0.406 e. The van der Waals surface area contributed by atoms with Gasteiger partial charge in [0.1, 0.15) is 5.75 Å². The maximum atomic E-state index is 13.0. The van der Waals surface area contributed by atoms with E-state index in [2.05, 4.69) is 19.9 Å². The summed E-state index contributed by atoms with van der Waals surface area (Å²) in [6.07, 6.45) is -7.49. The van der Waals surface area contributed by atoms with E-state index >= 15 is 0 Å².